The van der Waals surface area contributed by atoms with Gasteiger partial charge in [-0.2, -0.15) is 5.10 Å². The summed E-state index contributed by atoms with van der Waals surface area (Å²) in [4.78, 5) is 23.0. The molecule has 0 unspecified atom stereocenters. The van der Waals surface area contributed by atoms with E-state index >= 15 is 0 Å². The lowest BCUT2D eigenvalue weighted by Crippen LogP contribution is -2.46. The highest BCUT2D eigenvalue weighted by Crippen LogP contribution is 2.27. The molecule has 9 nitrogen and oxygen atoms in total. The lowest BCUT2D eigenvalue weighted by atomic mass is 9.96. The summed E-state index contributed by atoms with van der Waals surface area (Å²) in [5, 5.41) is 7.54. The van der Waals surface area contributed by atoms with Gasteiger partial charge in [-0.1, -0.05) is 0 Å². The van der Waals surface area contributed by atoms with Crippen molar-refractivity contribution >= 4 is 5.95 Å². The summed E-state index contributed by atoms with van der Waals surface area (Å²) < 4.78 is 5.84. The van der Waals surface area contributed by atoms with Crippen LogP contribution in [0.25, 0.3) is 11.4 Å². The third-order valence-electron chi connectivity index (χ3n) is 6.19. The zero-order valence-electron chi connectivity index (χ0n) is 18.7. The Morgan fingerprint density at radius 1 is 1.06 bits per heavy atom. The van der Waals surface area contributed by atoms with Crippen molar-refractivity contribution in [2.24, 2.45) is 0 Å². The summed E-state index contributed by atoms with van der Waals surface area (Å²) in [5.41, 5.74) is 2.01. The average molecular weight is 435 g/mol. The molecule has 3 aromatic heterocycles. The molecule has 2 atom stereocenters. The molecular weight excluding hydrogens is 404 g/mol. The van der Waals surface area contributed by atoms with Gasteiger partial charge in [0.15, 0.2) is 5.82 Å². The molecule has 0 bridgehead atoms. The van der Waals surface area contributed by atoms with E-state index in [-0.39, 0.29) is 12.2 Å². The summed E-state index contributed by atoms with van der Waals surface area (Å²) in [7, 11) is 0. The van der Waals surface area contributed by atoms with Gasteiger partial charge in [0.25, 0.3) is 0 Å². The van der Waals surface area contributed by atoms with Gasteiger partial charge in [0, 0.05) is 49.7 Å². The molecule has 2 saturated heterocycles. The molecule has 5 rings (SSSR count). The summed E-state index contributed by atoms with van der Waals surface area (Å²) in [6.07, 6.45) is 7.93. The van der Waals surface area contributed by atoms with Crippen LogP contribution in [0, 0.1) is 0 Å². The fraction of sp³-hybridized carbons (Fsp3) is 0.522. The van der Waals surface area contributed by atoms with Crippen LogP contribution < -0.4 is 4.90 Å². The Balaban J connectivity index is 1.18. The normalized spacial score (nSPS) is 22.9. The molecule has 2 fully saturated rings. The van der Waals surface area contributed by atoms with Crippen LogP contribution in [0.5, 0.6) is 0 Å². The molecule has 32 heavy (non-hydrogen) atoms. The fourth-order valence-electron chi connectivity index (χ4n) is 4.64. The van der Waals surface area contributed by atoms with Gasteiger partial charge in [-0.25, -0.2) is 15.0 Å². The van der Waals surface area contributed by atoms with E-state index in [1.165, 1.54) is 0 Å². The number of hydrogen-bond acceptors (Lipinski definition) is 8. The molecule has 0 aromatic carbocycles. The van der Waals surface area contributed by atoms with Crippen molar-refractivity contribution < 1.29 is 4.74 Å². The minimum atomic E-state index is 0.194. The Morgan fingerprint density at radius 2 is 1.88 bits per heavy atom. The van der Waals surface area contributed by atoms with Gasteiger partial charge in [0.2, 0.25) is 5.95 Å². The summed E-state index contributed by atoms with van der Waals surface area (Å²) >= 11 is 0. The standard InChI is InChI=1S/C23H30N8O/c1-16-13-31(14-17(2)32-16)23-25-9-5-20(26-23)15-30-10-6-18(7-11-30)21-27-22(29-28-21)19-4-3-8-24-12-19/h3-5,8-9,12,16-18H,6-7,10-11,13-15H2,1-2H3,(H,27,28,29)/t16-,17-/m0/s1. The second-order valence-electron chi connectivity index (χ2n) is 8.85. The molecule has 0 amide bonds. The molecule has 5 heterocycles. The monoisotopic (exact) mass is 434 g/mol. The van der Waals surface area contributed by atoms with E-state index in [2.05, 4.69) is 43.8 Å². The van der Waals surface area contributed by atoms with E-state index in [1.807, 2.05) is 24.4 Å². The van der Waals surface area contributed by atoms with Gasteiger partial charge in [-0.3, -0.25) is 15.0 Å². The van der Waals surface area contributed by atoms with Gasteiger partial charge in [-0.05, 0) is 58.0 Å². The zero-order chi connectivity index (χ0) is 21.9. The second-order valence-corrected chi connectivity index (χ2v) is 8.85. The number of morpholine rings is 1. The first kappa shape index (κ1) is 21.0. The number of nitrogens with zero attached hydrogens (tertiary/aromatic N) is 7. The number of rotatable bonds is 5. The quantitative estimate of drug-likeness (QED) is 0.655. The number of H-pyrrole nitrogens is 1. The maximum atomic E-state index is 5.84. The number of ether oxygens (including phenoxy) is 1. The van der Waals surface area contributed by atoms with E-state index in [0.29, 0.717) is 5.92 Å². The molecule has 0 spiro atoms. The van der Waals surface area contributed by atoms with E-state index in [0.717, 1.165) is 74.4 Å². The van der Waals surface area contributed by atoms with Crippen LogP contribution in [0.4, 0.5) is 5.95 Å². The molecule has 0 aliphatic carbocycles. The SMILES string of the molecule is C[C@H]1CN(c2nccc(CN3CCC(c4nc(-c5cccnc5)n[nH]4)CC3)n2)C[C@H](C)O1. The third-order valence-corrected chi connectivity index (χ3v) is 6.19. The van der Waals surface area contributed by atoms with Gasteiger partial charge < -0.3 is 9.64 Å². The molecule has 1 N–H and O–H groups in total. The van der Waals surface area contributed by atoms with Crippen LogP contribution in [0.1, 0.15) is 44.1 Å². The highest BCUT2D eigenvalue weighted by molar-refractivity contribution is 5.52. The Morgan fingerprint density at radius 3 is 2.62 bits per heavy atom. The minimum absolute atomic E-state index is 0.194. The molecule has 2 aliphatic heterocycles. The highest BCUT2D eigenvalue weighted by Gasteiger charge is 2.26. The van der Waals surface area contributed by atoms with Gasteiger partial charge >= 0.3 is 0 Å². The Kier molecular flexibility index (Phi) is 6.09. The first-order valence-corrected chi connectivity index (χ1v) is 11.4. The number of likely N-dealkylation sites (tertiary alicyclic amines) is 1. The molecule has 3 aromatic rings. The van der Waals surface area contributed by atoms with Crippen molar-refractivity contribution in [1.82, 2.24) is 35.0 Å². The first-order chi connectivity index (χ1) is 15.6. The molecule has 168 valence electrons. The van der Waals surface area contributed by atoms with Crippen LogP contribution in [-0.4, -0.2) is 73.4 Å². The number of nitrogens with one attached hydrogen (secondary N) is 1. The van der Waals surface area contributed by atoms with Crippen LogP contribution in [0.2, 0.25) is 0 Å². The number of pyridine rings is 1. The van der Waals surface area contributed by atoms with Crippen molar-refractivity contribution in [1.29, 1.82) is 0 Å². The van der Waals surface area contributed by atoms with Crippen LogP contribution >= 0.6 is 0 Å². The second kappa shape index (κ2) is 9.30. The van der Waals surface area contributed by atoms with Crippen molar-refractivity contribution in [3.05, 3.63) is 48.3 Å². The van der Waals surface area contributed by atoms with Gasteiger partial charge in [0.05, 0.1) is 17.9 Å². The van der Waals surface area contributed by atoms with Crippen LogP contribution in [0.3, 0.4) is 0 Å². The highest BCUT2D eigenvalue weighted by atomic mass is 16.5. The largest absolute Gasteiger partial charge is 0.372 e. The van der Waals surface area contributed by atoms with E-state index in [9.17, 15) is 0 Å². The molecule has 2 aliphatic rings. The Hall–Kier alpha value is -2.91. The smallest absolute Gasteiger partial charge is 0.225 e. The number of anilines is 1. The lowest BCUT2D eigenvalue weighted by Gasteiger charge is -2.35. The summed E-state index contributed by atoms with van der Waals surface area (Å²) in [5.74, 6) is 2.91. The molecule has 9 heteroatoms. The van der Waals surface area contributed by atoms with E-state index in [4.69, 9.17) is 14.7 Å². The van der Waals surface area contributed by atoms with Crippen LogP contribution in [0.15, 0.2) is 36.8 Å². The van der Waals surface area contributed by atoms with E-state index < -0.39 is 0 Å². The summed E-state index contributed by atoms with van der Waals surface area (Å²) in [6.45, 7) is 8.73. The first-order valence-electron chi connectivity index (χ1n) is 11.4. The molecule has 0 radical (unpaired) electrons. The number of aromatic amines is 1. The maximum absolute atomic E-state index is 5.84. The number of aromatic nitrogens is 6. The number of piperidine rings is 1. The van der Waals surface area contributed by atoms with Crippen molar-refractivity contribution in [2.75, 3.05) is 31.1 Å². The Bertz CT molecular complexity index is 1010. The third kappa shape index (κ3) is 4.78. The number of hydrogen-bond donors (Lipinski definition) is 1. The van der Waals surface area contributed by atoms with Gasteiger partial charge in [0.1, 0.15) is 5.82 Å². The van der Waals surface area contributed by atoms with Crippen LogP contribution in [-0.2, 0) is 11.3 Å². The summed E-state index contributed by atoms with van der Waals surface area (Å²) in [6, 6.07) is 5.92. The van der Waals surface area contributed by atoms with Crippen molar-refractivity contribution in [3.63, 3.8) is 0 Å². The predicted molar refractivity (Wildman–Crippen MR) is 121 cm³/mol. The van der Waals surface area contributed by atoms with Crippen molar-refractivity contribution in [2.45, 2.75) is 51.4 Å². The maximum Gasteiger partial charge on any atom is 0.225 e. The predicted octanol–water partition coefficient (Wildman–Crippen LogP) is 2.65. The molecule has 0 saturated carbocycles. The lowest BCUT2D eigenvalue weighted by molar-refractivity contribution is -0.00574. The Labute approximate surface area is 188 Å². The van der Waals surface area contributed by atoms with E-state index in [1.54, 1.807) is 12.4 Å². The van der Waals surface area contributed by atoms with Crippen molar-refractivity contribution in [3.8, 4) is 11.4 Å². The average Bonchev–Trinajstić information content (AvgIpc) is 3.30. The fourth-order valence-corrected chi connectivity index (χ4v) is 4.64. The topological polar surface area (TPSA) is 96.0 Å². The van der Waals surface area contributed by atoms with Gasteiger partial charge in [-0.15, -0.1) is 0 Å². The molecular formula is C23H30N8O. The zero-order valence-corrected chi connectivity index (χ0v) is 18.7. The minimum Gasteiger partial charge on any atom is -0.372 e.